The van der Waals surface area contributed by atoms with Crippen molar-refractivity contribution >= 4 is 0 Å². The Balaban J connectivity index is 1.56. The van der Waals surface area contributed by atoms with Crippen LogP contribution in [0.2, 0.25) is 0 Å². The minimum absolute atomic E-state index is 0.558. The lowest BCUT2D eigenvalue weighted by Crippen LogP contribution is -2.45. The predicted octanol–water partition coefficient (Wildman–Crippen LogP) is 4.76. The molecule has 1 heteroatoms. The van der Waals surface area contributed by atoms with Crippen molar-refractivity contribution in [3.05, 3.63) is 0 Å². The molecule has 0 aromatic rings. The summed E-state index contributed by atoms with van der Waals surface area (Å²) in [5.74, 6) is 1.94. The van der Waals surface area contributed by atoms with Crippen LogP contribution in [0.3, 0.4) is 0 Å². The third-order valence-electron chi connectivity index (χ3n) is 7.42. The van der Waals surface area contributed by atoms with Crippen LogP contribution < -0.4 is 5.32 Å². The van der Waals surface area contributed by atoms with Crippen LogP contribution in [-0.2, 0) is 0 Å². The SMILES string of the molecule is CC1(C)C2CCC1(C)C(NCC1CCCCCC1)C2. The molecule has 3 aliphatic rings. The average Bonchev–Trinajstić information content (AvgIpc) is 2.66. The van der Waals surface area contributed by atoms with Crippen molar-refractivity contribution in [3.63, 3.8) is 0 Å². The second-order valence-electron chi connectivity index (χ2n) is 8.43. The Bertz CT molecular complexity index is 314. The number of hydrogen-bond acceptors (Lipinski definition) is 1. The standard InChI is InChI=1S/C18H33N/c1-17(2)15-10-11-18(17,3)16(12-15)19-13-14-8-6-4-5-7-9-14/h14-16,19H,4-13H2,1-3H3. The van der Waals surface area contributed by atoms with Gasteiger partial charge in [0.25, 0.3) is 0 Å². The molecule has 3 aliphatic carbocycles. The summed E-state index contributed by atoms with van der Waals surface area (Å²) in [6.07, 6.45) is 13.2. The highest BCUT2D eigenvalue weighted by molar-refractivity contribution is 5.13. The minimum Gasteiger partial charge on any atom is -0.313 e. The topological polar surface area (TPSA) is 12.0 Å². The molecule has 0 saturated heterocycles. The van der Waals surface area contributed by atoms with Crippen molar-refractivity contribution in [2.24, 2.45) is 22.7 Å². The van der Waals surface area contributed by atoms with Crippen LogP contribution in [-0.4, -0.2) is 12.6 Å². The molecule has 3 fully saturated rings. The maximum absolute atomic E-state index is 4.01. The van der Waals surface area contributed by atoms with Crippen molar-refractivity contribution in [2.45, 2.75) is 84.6 Å². The molecule has 1 N–H and O–H groups in total. The zero-order valence-corrected chi connectivity index (χ0v) is 13.3. The lowest BCUT2D eigenvalue weighted by atomic mass is 9.69. The van der Waals surface area contributed by atoms with E-state index in [1.54, 1.807) is 0 Å². The molecule has 0 heterocycles. The van der Waals surface area contributed by atoms with E-state index in [9.17, 15) is 0 Å². The van der Waals surface area contributed by atoms with Gasteiger partial charge in [0, 0.05) is 6.04 Å². The van der Waals surface area contributed by atoms with Crippen LogP contribution in [0, 0.1) is 22.7 Å². The molecule has 0 aromatic heterocycles. The van der Waals surface area contributed by atoms with Gasteiger partial charge < -0.3 is 5.32 Å². The molecule has 0 radical (unpaired) electrons. The minimum atomic E-state index is 0.558. The van der Waals surface area contributed by atoms with Gasteiger partial charge in [-0.1, -0.05) is 46.5 Å². The predicted molar refractivity (Wildman–Crippen MR) is 82.2 cm³/mol. The van der Waals surface area contributed by atoms with Crippen molar-refractivity contribution in [1.29, 1.82) is 0 Å². The quantitative estimate of drug-likeness (QED) is 0.724. The first-order chi connectivity index (χ1) is 9.04. The summed E-state index contributed by atoms with van der Waals surface area (Å²) in [7, 11) is 0. The first kappa shape index (κ1) is 13.9. The first-order valence-corrected chi connectivity index (χ1v) is 8.77. The molecule has 3 unspecified atom stereocenters. The third kappa shape index (κ3) is 2.26. The van der Waals surface area contributed by atoms with Gasteiger partial charge in [-0.2, -0.15) is 0 Å². The summed E-state index contributed by atoms with van der Waals surface area (Å²) < 4.78 is 0. The van der Waals surface area contributed by atoms with Gasteiger partial charge in [-0.15, -0.1) is 0 Å². The van der Waals surface area contributed by atoms with E-state index in [0.717, 1.165) is 17.9 Å². The molecule has 3 rings (SSSR count). The molecule has 0 amide bonds. The Morgan fingerprint density at radius 2 is 1.63 bits per heavy atom. The average molecular weight is 263 g/mol. The molecule has 0 aliphatic heterocycles. The van der Waals surface area contributed by atoms with E-state index in [0.29, 0.717) is 10.8 Å². The van der Waals surface area contributed by atoms with Crippen LogP contribution in [0.1, 0.15) is 78.6 Å². The molecule has 3 saturated carbocycles. The maximum atomic E-state index is 4.01. The van der Waals surface area contributed by atoms with E-state index < -0.39 is 0 Å². The fraction of sp³-hybridized carbons (Fsp3) is 1.00. The Morgan fingerprint density at radius 3 is 2.16 bits per heavy atom. The summed E-state index contributed by atoms with van der Waals surface area (Å²) >= 11 is 0. The zero-order chi connectivity index (χ0) is 13.5. The molecule has 3 atom stereocenters. The molecule has 110 valence electrons. The van der Waals surface area contributed by atoms with Gasteiger partial charge in [0.05, 0.1) is 0 Å². The molecular formula is C18H33N. The summed E-state index contributed by atoms with van der Waals surface area (Å²) in [6, 6.07) is 0.796. The molecule has 1 nitrogen and oxygen atoms in total. The second kappa shape index (κ2) is 5.06. The number of hydrogen-bond donors (Lipinski definition) is 1. The Labute approximate surface area is 119 Å². The zero-order valence-electron chi connectivity index (χ0n) is 13.3. The maximum Gasteiger partial charge on any atom is 0.0129 e. The van der Waals surface area contributed by atoms with E-state index in [2.05, 4.69) is 26.1 Å². The fourth-order valence-corrected chi connectivity index (χ4v) is 5.39. The molecular weight excluding hydrogens is 230 g/mol. The van der Waals surface area contributed by atoms with E-state index in [1.165, 1.54) is 64.3 Å². The van der Waals surface area contributed by atoms with E-state index in [-0.39, 0.29) is 0 Å². The first-order valence-electron chi connectivity index (χ1n) is 8.77. The fourth-order valence-electron chi connectivity index (χ4n) is 5.39. The lowest BCUT2D eigenvalue weighted by Gasteiger charge is -2.40. The van der Waals surface area contributed by atoms with Crippen LogP contribution in [0.15, 0.2) is 0 Å². The Morgan fingerprint density at radius 1 is 0.947 bits per heavy atom. The molecule has 0 aromatic carbocycles. The normalized spacial score (nSPS) is 42.5. The summed E-state index contributed by atoms with van der Waals surface area (Å²) in [5, 5.41) is 4.01. The number of rotatable bonds is 3. The second-order valence-corrected chi connectivity index (χ2v) is 8.43. The van der Waals surface area contributed by atoms with Gasteiger partial charge >= 0.3 is 0 Å². The van der Waals surface area contributed by atoms with Crippen LogP contribution in [0.25, 0.3) is 0 Å². The smallest absolute Gasteiger partial charge is 0.0129 e. The highest BCUT2D eigenvalue weighted by atomic mass is 15.0. The third-order valence-corrected chi connectivity index (χ3v) is 7.42. The van der Waals surface area contributed by atoms with E-state index >= 15 is 0 Å². The van der Waals surface area contributed by atoms with Gasteiger partial charge in [-0.05, 0) is 61.3 Å². The van der Waals surface area contributed by atoms with Crippen LogP contribution in [0.4, 0.5) is 0 Å². The highest BCUT2D eigenvalue weighted by Gasteiger charge is 2.60. The Kier molecular flexibility index (Phi) is 3.71. The summed E-state index contributed by atoms with van der Waals surface area (Å²) in [4.78, 5) is 0. The molecule has 2 bridgehead atoms. The number of nitrogens with one attached hydrogen (secondary N) is 1. The monoisotopic (exact) mass is 263 g/mol. The van der Waals surface area contributed by atoms with Crippen molar-refractivity contribution in [2.75, 3.05) is 6.54 Å². The van der Waals surface area contributed by atoms with Gasteiger partial charge in [0.1, 0.15) is 0 Å². The van der Waals surface area contributed by atoms with Gasteiger partial charge in [0.2, 0.25) is 0 Å². The van der Waals surface area contributed by atoms with Crippen LogP contribution >= 0.6 is 0 Å². The van der Waals surface area contributed by atoms with E-state index in [1.807, 2.05) is 0 Å². The highest BCUT2D eigenvalue weighted by Crippen LogP contribution is 2.65. The van der Waals surface area contributed by atoms with Crippen molar-refractivity contribution in [1.82, 2.24) is 5.32 Å². The largest absolute Gasteiger partial charge is 0.313 e. The summed E-state index contributed by atoms with van der Waals surface area (Å²) in [5.41, 5.74) is 1.12. The molecule has 0 spiro atoms. The van der Waals surface area contributed by atoms with E-state index in [4.69, 9.17) is 0 Å². The number of fused-ring (bicyclic) bond motifs is 2. The lowest BCUT2D eigenvalue weighted by molar-refractivity contribution is 0.118. The van der Waals surface area contributed by atoms with Crippen molar-refractivity contribution in [3.8, 4) is 0 Å². The molecule has 19 heavy (non-hydrogen) atoms. The van der Waals surface area contributed by atoms with Gasteiger partial charge in [-0.25, -0.2) is 0 Å². The van der Waals surface area contributed by atoms with Crippen LogP contribution in [0.5, 0.6) is 0 Å². The Hall–Kier alpha value is -0.0400. The van der Waals surface area contributed by atoms with Crippen molar-refractivity contribution < 1.29 is 0 Å². The van der Waals surface area contributed by atoms with Gasteiger partial charge in [-0.3, -0.25) is 0 Å². The summed E-state index contributed by atoms with van der Waals surface area (Å²) in [6.45, 7) is 8.91. The van der Waals surface area contributed by atoms with Gasteiger partial charge in [0.15, 0.2) is 0 Å².